The van der Waals surface area contributed by atoms with E-state index in [0.717, 1.165) is 0 Å². The van der Waals surface area contributed by atoms with Crippen molar-refractivity contribution in [3.05, 3.63) is 182 Å². The minimum atomic E-state index is -0.446. The standard InChI is InChI=1S/2C18H15P.4CO.Au.3ClH.Ni/c2*1-4-10-16(11-5-1)19(17-12-6-2-7-13-17)18-14-8-3-9-15-18;4*1-2;;;;;/h2*1-15H;;;;;;3*1H;/q;;;;;;+1;;;;+2/p-3. The second kappa shape index (κ2) is 38.2. The molecule has 4 nitrogen and oxygen atoms in total. The van der Waals surface area contributed by atoms with Crippen LogP contribution in [0.1, 0.15) is 0 Å². The average Bonchev–Trinajstić information content (AvgIpc) is 3.18. The number of hydrogen-bond donors (Lipinski definition) is 0. The summed E-state index contributed by atoms with van der Waals surface area (Å²) in [7, 11) is -0.892. The summed E-state index contributed by atoms with van der Waals surface area (Å²) in [6.07, 6.45) is 0. The van der Waals surface area contributed by atoms with E-state index in [-0.39, 0.29) is 76.1 Å². The Bertz CT molecular complexity index is 1280. The molecule has 0 aliphatic carbocycles. The van der Waals surface area contributed by atoms with Crippen LogP contribution >= 0.6 is 15.8 Å². The van der Waals surface area contributed by atoms with Gasteiger partial charge in [-0.2, -0.15) is 0 Å². The molecule has 0 N–H and O–H groups in total. The van der Waals surface area contributed by atoms with Gasteiger partial charge in [0.05, 0.1) is 0 Å². The number of benzene rings is 6. The molecule has 0 aliphatic rings. The predicted octanol–water partition coefficient (Wildman–Crippen LogP) is -3.69. The van der Waals surface area contributed by atoms with Gasteiger partial charge in [0.15, 0.2) is 0 Å². The van der Waals surface area contributed by atoms with Crippen LogP contribution in [0.2, 0.25) is 0 Å². The zero-order valence-corrected chi connectivity index (χ0v) is 33.8. The maximum Gasteiger partial charge on any atom is 2.00 e. The number of carbonyl (C=O) groups excluding carboxylic acids is 4. The first kappa shape index (κ1) is 57.3. The van der Waals surface area contributed by atoms with E-state index in [0.29, 0.717) is 0 Å². The summed E-state index contributed by atoms with van der Waals surface area (Å²) in [6.45, 7) is 18.0. The molecule has 0 atom stereocenters. The number of halogens is 3. The Morgan fingerprint density at radius 3 is 0.451 bits per heavy atom. The summed E-state index contributed by atoms with van der Waals surface area (Å²) in [5.74, 6) is 0. The molecule has 0 spiro atoms. The van der Waals surface area contributed by atoms with Crippen molar-refractivity contribution in [3.8, 4) is 0 Å². The van der Waals surface area contributed by atoms with Crippen LogP contribution in [0.3, 0.4) is 0 Å². The first-order chi connectivity index (χ1) is 22.9. The van der Waals surface area contributed by atoms with Gasteiger partial charge in [0, 0.05) is 0 Å². The van der Waals surface area contributed by atoms with Crippen molar-refractivity contribution in [2.75, 3.05) is 0 Å². The fraction of sp³-hybridized carbons (Fsp3) is 0. The third-order valence-corrected chi connectivity index (χ3v) is 11.0. The van der Waals surface area contributed by atoms with Crippen LogP contribution in [0.25, 0.3) is 0 Å². The molecule has 0 saturated heterocycles. The molecule has 0 amide bonds. The van der Waals surface area contributed by atoms with Crippen LogP contribution in [0.4, 0.5) is 0 Å². The molecule has 0 saturated carbocycles. The van der Waals surface area contributed by atoms with E-state index < -0.39 is 15.8 Å². The van der Waals surface area contributed by atoms with Crippen LogP contribution in [0, 0.1) is 0 Å². The normalized spacial score (nSPS) is 8.20. The third-order valence-electron chi connectivity index (χ3n) is 6.09. The van der Waals surface area contributed by atoms with E-state index >= 15 is 0 Å². The van der Waals surface area contributed by atoms with Crippen LogP contribution in [0.15, 0.2) is 182 Å². The van der Waals surface area contributed by atoms with Crippen molar-refractivity contribution in [1.82, 2.24) is 0 Å². The van der Waals surface area contributed by atoms with Crippen LogP contribution in [-0.2, 0) is 58.0 Å². The maximum absolute atomic E-state index is 7.50. The second-order valence-corrected chi connectivity index (χ2v) is 13.1. The molecular weight excluding hydrogens is 968 g/mol. The summed E-state index contributed by atoms with van der Waals surface area (Å²) in [5.41, 5.74) is 0. The summed E-state index contributed by atoms with van der Waals surface area (Å²) < 4.78 is 0. The van der Waals surface area contributed by atoms with Gasteiger partial charge in [-0.1, -0.05) is 182 Å². The zero-order valence-electron chi connectivity index (χ0n) is 26.6. The summed E-state index contributed by atoms with van der Waals surface area (Å²) in [5, 5.41) is 8.39. The van der Waals surface area contributed by atoms with Crippen molar-refractivity contribution in [3.63, 3.8) is 0 Å². The van der Waals surface area contributed by atoms with Crippen molar-refractivity contribution in [2.45, 2.75) is 0 Å². The molecule has 0 aliphatic heterocycles. The van der Waals surface area contributed by atoms with Crippen molar-refractivity contribution < 1.29 is 95.3 Å². The largest absolute Gasteiger partial charge is 2.00 e. The monoisotopic (exact) mass is 996 g/mol. The van der Waals surface area contributed by atoms with Crippen molar-refractivity contribution >= 4 is 74.8 Å². The fourth-order valence-corrected chi connectivity index (χ4v) is 8.97. The molecule has 0 aromatic heterocycles. The molecule has 6 aromatic rings. The zero-order chi connectivity index (χ0) is 33.8. The first-order valence-electron chi connectivity index (χ1n) is 13.6. The molecule has 6 rings (SSSR count). The topological polar surface area (TPSA) is 68.3 Å². The molecule has 6 aromatic carbocycles. The Balaban J connectivity index is -0.000000214. The van der Waals surface area contributed by atoms with Gasteiger partial charge in [-0.15, -0.1) is 0 Å². The Morgan fingerprint density at radius 2 is 0.353 bits per heavy atom. The van der Waals surface area contributed by atoms with Gasteiger partial charge in [0.1, 0.15) is 0 Å². The second-order valence-electron chi connectivity index (χ2n) is 8.68. The van der Waals surface area contributed by atoms with E-state index in [1.165, 1.54) is 31.8 Å². The van der Waals surface area contributed by atoms with Gasteiger partial charge in [-0.05, 0) is 47.7 Å². The van der Waals surface area contributed by atoms with E-state index in [1.54, 1.807) is 0 Å². The van der Waals surface area contributed by atoms with E-state index in [4.69, 9.17) is 19.2 Å². The predicted molar refractivity (Wildman–Crippen MR) is 193 cm³/mol. The molecule has 51 heavy (non-hydrogen) atoms. The van der Waals surface area contributed by atoms with Gasteiger partial charge in [0.2, 0.25) is 0 Å². The molecule has 11 heteroatoms. The molecule has 0 heterocycles. The quantitative estimate of drug-likeness (QED) is 0.128. The molecule has 0 bridgehead atoms. The summed E-state index contributed by atoms with van der Waals surface area (Å²) in [4.78, 5) is 30.0. The van der Waals surface area contributed by atoms with Crippen LogP contribution < -0.4 is 69.0 Å². The van der Waals surface area contributed by atoms with Gasteiger partial charge in [0.25, 0.3) is 27.2 Å². The van der Waals surface area contributed by atoms with Gasteiger partial charge >= 0.3 is 38.9 Å². The number of rotatable bonds is 6. The minimum absolute atomic E-state index is 0. The van der Waals surface area contributed by atoms with Crippen molar-refractivity contribution in [1.29, 1.82) is 0 Å². The first-order valence-corrected chi connectivity index (χ1v) is 16.3. The molecular formula is C40H30AuCl3NiO4P2. The van der Waals surface area contributed by atoms with Crippen LogP contribution in [0.5, 0.6) is 0 Å². The SMILES string of the molecule is [Au+].[C]=O.[C]=O.[C]=O.[C]=O.[Cl-].[Cl-].[Cl-].[Ni+2].c1ccc(P(c2ccccc2)c2ccccc2)cc1.c1ccc(P(c2ccccc2)c2ccccc2)cc1. The molecule has 0 fully saturated rings. The Hall–Kier alpha value is -3.04. The van der Waals surface area contributed by atoms with E-state index in [9.17, 15) is 0 Å². The summed E-state index contributed by atoms with van der Waals surface area (Å²) in [6, 6.07) is 64.7. The molecule has 8 radical (unpaired) electrons. The van der Waals surface area contributed by atoms with E-state index in [1.807, 2.05) is 0 Å². The number of hydrogen-bond acceptors (Lipinski definition) is 4. The van der Waals surface area contributed by atoms with Gasteiger partial charge in [-0.3, -0.25) is 19.2 Å². The Morgan fingerprint density at radius 1 is 0.255 bits per heavy atom. The van der Waals surface area contributed by atoms with Gasteiger partial charge < -0.3 is 37.2 Å². The van der Waals surface area contributed by atoms with Crippen molar-refractivity contribution in [2.24, 2.45) is 0 Å². The van der Waals surface area contributed by atoms with E-state index in [2.05, 4.69) is 209 Å². The average molecular weight is 999 g/mol. The maximum atomic E-state index is 7.50. The van der Waals surface area contributed by atoms with Gasteiger partial charge in [-0.25, -0.2) is 0 Å². The minimum Gasteiger partial charge on any atom is -1.00 e. The Kier molecular flexibility index (Phi) is 42.9. The van der Waals surface area contributed by atoms with Crippen LogP contribution in [-0.4, -0.2) is 27.2 Å². The fourth-order valence-electron chi connectivity index (χ4n) is 4.36. The molecule has 266 valence electrons. The Labute approximate surface area is 349 Å². The smallest absolute Gasteiger partial charge is 1.00 e. The third kappa shape index (κ3) is 20.0. The molecule has 0 unspecified atom stereocenters. The summed E-state index contributed by atoms with van der Waals surface area (Å²) >= 11 is 0.